The number of rotatable bonds is 2. The van der Waals surface area contributed by atoms with Crippen LogP contribution in [0.3, 0.4) is 0 Å². The van der Waals surface area contributed by atoms with Crippen LogP contribution in [0.15, 0.2) is 18.2 Å². The molecular formula is C15H23NO. The molecule has 2 heteroatoms. The van der Waals surface area contributed by atoms with E-state index in [1.165, 1.54) is 11.1 Å². The SMILES string of the molecule is CNC1CC(C)(C)Oc2ccc(C(C)C)cc21. The van der Waals surface area contributed by atoms with E-state index in [9.17, 15) is 0 Å². The minimum absolute atomic E-state index is 0.0833. The zero-order valence-electron chi connectivity index (χ0n) is 11.5. The van der Waals surface area contributed by atoms with Crippen molar-refractivity contribution in [1.82, 2.24) is 5.32 Å². The van der Waals surface area contributed by atoms with Gasteiger partial charge in [-0.3, -0.25) is 0 Å². The molecule has 1 unspecified atom stereocenters. The highest BCUT2D eigenvalue weighted by Crippen LogP contribution is 2.40. The van der Waals surface area contributed by atoms with Crippen molar-refractivity contribution in [3.05, 3.63) is 29.3 Å². The van der Waals surface area contributed by atoms with E-state index in [0.717, 1.165) is 12.2 Å². The van der Waals surface area contributed by atoms with E-state index in [2.05, 4.69) is 51.2 Å². The molecule has 1 aliphatic rings. The largest absolute Gasteiger partial charge is 0.487 e. The van der Waals surface area contributed by atoms with Crippen molar-refractivity contribution >= 4 is 0 Å². The lowest BCUT2D eigenvalue weighted by atomic mass is 9.87. The second-order valence-corrected chi connectivity index (χ2v) is 5.86. The fourth-order valence-corrected chi connectivity index (χ4v) is 2.49. The number of benzene rings is 1. The summed E-state index contributed by atoms with van der Waals surface area (Å²) >= 11 is 0. The standard InChI is InChI=1S/C15H23NO/c1-10(2)11-6-7-14-12(8-11)13(16-5)9-15(3,4)17-14/h6-8,10,13,16H,9H2,1-5H3. The topological polar surface area (TPSA) is 21.3 Å². The first-order valence-electron chi connectivity index (χ1n) is 6.43. The molecule has 1 aliphatic heterocycles. The van der Waals surface area contributed by atoms with Crippen molar-refractivity contribution in [2.24, 2.45) is 0 Å². The Morgan fingerprint density at radius 3 is 2.65 bits per heavy atom. The molecule has 2 nitrogen and oxygen atoms in total. The molecule has 0 bridgehead atoms. The van der Waals surface area contributed by atoms with Crippen molar-refractivity contribution < 1.29 is 4.74 Å². The third-order valence-corrected chi connectivity index (χ3v) is 3.51. The molecule has 1 aromatic carbocycles. The lowest BCUT2D eigenvalue weighted by molar-refractivity contribution is 0.0674. The highest BCUT2D eigenvalue weighted by Gasteiger charge is 2.33. The first kappa shape index (κ1) is 12.4. The predicted molar refractivity (Wildman–Crippen MR) is 71.7 cm³/mol. The Hall–Kier alpha value is -1.02. The van der Waals surface area contributed by atoms with Gasteiger partial charge >= 0.3 is 0 Å². The Kier molecular flexibility index (Phi) is 3.17. The van der Waals surface area contributed by atoms with Crippen molar-refractivity contribution in [3.8, 4) is 5.75 Å². The minimum Gasteiger partial charge on any atom is -0.487 e. The van der Waals surface area contributed by atoms with Gasteiger partial charge in [0, 0.05) is 18.0 Å². The van der Waals surface area contributed by atoms with Gasteiger partial charge in [0.15, 0.2) is 0 Å². The number of nitrogens with one attached hydrogen (secondary N) is 1. The molecule has 1 aromatic rings. The summed E-state index contributed by atoms with van der Waals surface area (Å²) in [7, 11) is 2.03. The van der Waals surface area contributed by atoms with Crippen LogP contribution < -0.4 is 10.1 Å². The van der Waals surface area contributed by atoms with E-state index < -0.39 is 0 Å². The van der Waals surface area contributed by atoms with Crippen molar-refractivity contribution in [1.29, 1.82) is 0 Å². The second kappa shape index (κ2) is 4.34. The molecule has 1 atom stereocenters. The molecule has 0 saturated carbocycles. The number of hydrogen-bond donors (Lipinski definition) is 1. The molecule has 17 heavy (non-hydrogen) atoms. The van der Waals surface area contributed by atoms with Crippen LogP contribution in [-0.4, -0.2) is 12.6 Å². The Bertz CT molecular complexity index is 409. The van der Waals surface area contributed by atoms with Crippen LogP contribution in [0.4, 0.5) is 0 Å². The second-order valence-electron chi connectivity index (χ2n) is 5.86. The maximum atomic E-state index is 6.05. The summed E-state index contributed by atoms with van der Waals surface area (Å²) in [5.41, 5.74) is 2.60. The van der Waals surface area contributed by atoms with Gasteiger partial charge < -0.3 is 10.1 Å². The highest BCUT2D eigenvalue weighted by atomic mass is 16.5. The predicted octanol–water partition coefficient (Wildman–Crippen LogP) is 3.63. The van der Waals surface area contributed by atoms with Gasteiger partial charge in [-0.1, -0.05) is 26.0 Å². The molecule has 0 spiro atoms. The Balaban J connectivity index is 2.43. The average molecular weight is 233 g/mol. The van der Waals surface area contributed by atoms with Crippen LogP contribution in [0.2, 0.25) is 0 Å². The van der Waals surface area contributed by atoms with Gasteiger partial charge in [-0.15, -0.1) is 0 Å². The minimum atomic E-state index is -0.0833. The van der Waals surface area contributed by atoms with Gasteiger partial charge in [-0.25, -0.2) is 0 Å². The molecule has 1 N–H and O–H groups in total. The Morgan fingerprint density at radius 2 is 2.06 bits per heavy atom. The third-order valence-electron chi connectivity index (χ3n) is 3.51. The van der Waals surface area contributed by atoms with Crippen LogP contribution in [0.25, 0.3) is 0 Å². The van der Waals surface area contributed by atoms with Crippen LogP contribution in [0, 0.1) is 0 Å². The van der Waals surface area contributed by atoms with Crippen molar-refractivity contribution in [2.45, 2.75) is 51.7 Å². The summed E-state index contributed by atoms with van der Waals surface area (Å²) in [5.74, 6) is 1.60. The van der Waals surface area contributed by atoms with Crippen LogP contribution in [0.5, 0.6) is 5.75 Å². The zero-order valence-corrected chi connectivity index (χ0v) is 11.5. The molecule has 0 aliphatic carbocycles. The summed E-state index contributed by atoms with van der Waals surface area (Å²) in [6.07, 6.45) is 1.01. The van der Waals surface area contributed by atoms with Crippen LogP contribution >= 0.6 is 0 Å². The smallest absolute Gasteiger partial charge is 0.124 e. The highest BCUT2D eigenvalue weighted by molar-refractivity contribution is 5.42. The lowest BCUT2D eigenvalue weighted by Gasteiger charge is -2.38. The zero-order chi connectivity index (χ0) is 12.6. The van der Waals surface area contributed by atoms with Crippen LogP contribution in [0.1, 0.15) is 57.2 Å². The first-order chi connectivity index (χ1) is 7.93. The molecule has 0 saturated heterocycles. The number of fused-ring (bicyclic) bond motifs is 1. The van der Waals surface area contributed by atoms with E-state index in [1.54, 1.807) is 0 Å². The van der Waals surface area contributed by atoms with Gasteiger partial charge in [0.1, 0.15) is 11.4 Å². The third kappa shape index (κ3) is 2.47. The van der Waals surface area contributed by atoms with Crippen molar-refractivity contribution in [2.75, 3.05) is 7.05 Å². The maximum Gasteiger partial charge on any atom is 0.124 e. The normalized spacial score (nSPS) is 22.1. The van der Waals surface area contributed by atoms with Crippen LogP contribution in [-0.2, 0) is 0 Å². The van der Waals surface area contributed by atoms with E-state index in [4.69, 9.17) is 4.74 Å². The van der Waals surface area contributed by atoms with Gasteiger partial charge in [-0.2, -0.15) is 0 Å². The maximum absolute atomic E-state index is 6.05. The lowest BCUT2D eigenvalue weighted by Crippen LogP contribution is -2.38. The van der Waals surface area contributed by atoms with E-state index >= 15 is 0 Å². The number of ether oxygens (including phenoxy) is 1. The molecule has 94 valence electrons. The quantitative estimate of drug-likeness (QED) is 0.842. The molecule has 1 heterocycles. The fraction of sp³-hybridized carbons (Fsp3) is 0.600. The molecular weight excluding hydrogens is 210 g/mol. The molecule has 0 radical (unpaired) electrons. The fourth-order valence-electron chi connectivity index (χ4n) is 2.49. The van der Waals surface area contributed by atoms with Gasteiger partial charge in [-0.05, 0) is 38.4 Å². The Morgan fingerprint density at radius 1 is 1.35 bits per heavy atom. The van der Waals surface area contributed by atoms with Crippen molar-refractivity contribution in [3.63, 3.8) is 0 Å². The summed E-state index contributed by atoms with van der Waals surface area (Å²) in [6, 6.07) is 6.98. The summed E-state index contributed by atoms with van der Waals surface area (Å²) in [4.78, 5) is 0. The average Bonchev–Trinajstić information content (AvgIpc) is 2.26. The first-order valence-corrected chi connectivity index (χ1v) is 6.43. The van der Waals surface area contributed by atoms with E-state index in [1.807, 2.05) is 7.05 Å². The molecule has 0 aromatic heterocycles. The molecule has 0 amide bonds. The summed E-state index contributed by atoms with van der Waals surface area (Å²) < 4.78 is 6.05. The monoisotopic (exact) mass is 233 g/mol. The Labute approximate surface area is 104 Å². The molecule has 2 rings (SSSR count). The summed E-state index contributed by atoms with van der Waals surface area (Å²) in [5, 5.41) is 3.40. The van der Waals surface area contributed by atoms with E-state index in [-0.39, 0.29) is 5.60 Å². The molecule has 0 fully saturated rings. The summed E-state index contributed by atoms with van der Waals surface area (Å²) in [6.45, 7) is 8.75. The van der Waals surface area contributed by atoms with Gasteiger partial charge in [0.25, 0.3) is 0 Å². The van der Waals surface area contributed by atoms with Gasteiger partial charge in [0.05, 0.1) is 0 Å². The van der Waals surface area contributed by atoms with Gasteiger partial charge in [0.2, 0.25) is 0 Å². The van der Waals surface area contributed by atoms with E-state index in [0.29, 0.717) is 12.0 Å². The number of hydrogen-bond acceptors (Lipinski definition) is 2.